The molecule has 0 spiro atoms. The Kier molecular flexibility index (Phi) is 5.25. The first kappa shape index (κ1) is 25.1. The molecule has 0 aliphatic rings. The van der Waals surface area contributed by atoms with Crippen LogP contribution in [0, 0.1) is 0 Å². The molecule has 214 valence electrons. The third kappa shape index (κ3) is 3.55. The highest BCUT2D eigenvalue weighted by molar-refractivity contribution is 6.35. The summed E-state index contributed by atoms with van der Waals surface area (Å²) >= 11 is 0. The molecule has 0 aliphatic carbocycles. The number of para-hydroxylation sites is 2. The SMILES string of the molecule is c1ccc(-c2ccc3c(c2)oc2c3c3ccccc3c3c4ccccc4n(-c4nc(-c5ccccc5)c5ccccc5n4)c23)cc1. The monoisotopic (exact) mass is 587 g/mol. The molecule has 0 atom stereocenters. The molecule has 0 N–H and O–H groups in total. The molecule has 0 aliphatic heterocycles. The molecule has 0 bridgehead atoms. The van der Waals surface area contributed by atoms with Crippen LogP contribution in [0.5, 0.6) is 0 Å². The maximum Gasteiger partial charge on any atom is 0.235 e. The maximum absolute atomic E-state index is 6.95. The van der Waals surface area contributed by atoms with E-state index in [0.29, 0.717) is 5.95 Å². The minimum atomic E-state index is 0.616. The highest BCUT2D eigenvalue weighted by Gasteiger charge is 2.24. The summed E-state index contributed by atoms with van der Waals surface area (Å²) in [7, 11) is 0. The number of rotatable bonds is 3. The lowest BCUT2D eigenvalue weighted by atomic mass is 9.98. The van der Waals surface area contributed by atoms with Crippen LogP contribution in [0.4, 0.5) is 0 Å². The van der Waals surface area contributed by atoms with Crippen molar-refractivity contribution >= 4 is 65.4 Å². The molecule has 3 aromatic heterocycles. The van der Waals surface area contributed by atoms with Gasteiger partial charge in [-0.25, -0.2) is 9.97 Å². The Balaban J connectivity index is 1.39. The van der Waals surface area contributed by atoms with Crippen LogP contribution < -0.4 is 0 Å². The Morgan fingerprint density at radius 2 is 1.09 bits per heavy atom. The van der Waals surface area contributed by atoms with Crippen LogP contribution in [-0.4, -0.2) is 14.5 Å². The van der Waals surface area contributed by atoms with Crippen LogP contribution in [0.25, 0.3) is 93.8 Å². The lowest BCUT2D eigenvalue weighted by molar-refractivity contribution is 0.671. The highest BCUT2D eigenvalue weighted by Crippen LogP contribution is 2.46. The van der Waals surface area contributed by atoms with E-state index < -0.39 is 0 Å². The van der Waals surface area contributed by atoms with Crippen molar-refractivity contribution in [2.45, 2.75) is 0 Å². The predicted octanol–water partition coefficient (Wildman–Crippen LogP) is 11.1. The lowest BCUT2D eigenvalue weighted by Gasteiger charge is -2.12. The number of aromatic nitrogens is 3. The summed E-state index contributed by atoms with van der Waals surface area (Å²) in [5, 5.41) is 7.84. The van der Waals surface area contributed by atoms with Crippen LogP contribution in [0.2, 0.25) is 0 Å². The van der Waals surface area contributed by atoms with Gasteiger partial charge in [-0.05, 0) is 46.2 Å². The predicted molar refractivity (Wildman–Crippen MR) is 190 cm³/mol. The van der Waals surface area contributed by atoms with Gasteiger partial charge in [-0.15, -0.1) is 0 Å². The average molecular weight is 588 g/mol. The number of hydrogen-bond donors (Lipinski definition) is 0. The summed E-state index contributed by atoms with van der Waals surface area (Å²) in [6.07, 6.45) is 0. The second kappa shape index (κ2) is 9.62. The summed E-state index contributed by atoms with van der Waals surface area (Å²) in [4.78, 5) is 10.5. The normalized spacial score (nSPS) is 11.9. The molecule has 0 unspecified atom stereocenters. The van der Waals surface area contributed by atoms with Crippen LogP contribution in [-0.2, 0) is 0 Å². The zero-order valence-electron chi connectivity index (χ0n) is 24.7. The molecular weight excluding hydrogens is 562 g/mol. The number of nitrogens with zero attached hydrogens (tertiary/aromatic N) is 3. The largest absolute Gasteiger partial charge is 0.454 e. The van der Waals surface area contributed by atoms with Gasteiger partial charge in [0.1, 0.15) is 11.1 Å². The Bertz CT molecular complexity index is 2790. The van der Waals surface area contributed by atoms with E-state index in [9.17, 15) is 0 Å². The van der Waals surface area contributed by atoms with Crippen LogP contribution in [0.1, 0.15) is 0 Å². The van der Waals surface area contributed by atoms with Crippen LogP contribution >= 0.6 is 0 Å². The van der Waals surface area contributed by atoms with E-state index in [1.54, 1.807) is 0 Å². The van der Waals surface area contributed by atoms with Gasteiger partial charge >= 0.3 is 0 Å². The molecule has 0 fully saturated rings. The number of benzene rings is 7. The number of fused-ring (bicyclic) bond motifs is 11. The molecule has 10 rings (SSSR count). The first-order valence-electron chi connectivity index (χ1n) is 15.5. The number of furan rings is 1. The van der Waals surface area contributed by atoms with Gasteiger partial charge in [0, 0.05) is 32.5 Å². The molecule has 10 aromatic rings. The van der Waals surface area contributed by atoms with E-state index in [-0.39, 0.29) is 0 Å². The first-order valence-corrected chi connectivity index (χ1v) is 15.5. The van der Waals surface area contributed by atoms with Crippen molar-refractivity contribution < 1.29 is 4.42 Å². The molecule has 0 saturated carbocycles. The van der Waals surface area contributed by atoms with Gasteiger partial charge < -0.3 is 4.42 Å². The fourth-order valence-electron chi connectivity index (χ4n) is 7.18. The van der Waals surface area contributed by atoms with Gasteiger partial charge in [0.05, 0.1) is 16.7 Å². The van der Waals surface area contributed by atoms with Crippen molar-refractivity contribution in [1.29, 1.82) is 0 Å². The van der Waals surface area contributed by atoms with Gasteiger partial charge in [-0.3, -0.25) is 4.57 Å². The minimum absolute atomic E-state index is 0.616. The summed E-state index contributed by atoms with van der Waals surface area (Å²) in [6.45, 7) is 0. The number of hydrogen-bond acceptors (Lipinski definition) is 3. The third-order valence-electron chi connectivity index (χ3n) is 9.19. The van der Waals surface area contributed by atoms with Gasteiger partial charge in [0.2, 0.25) is 5.95 Å². The molecule has 4 nitrogen and oxygen atoms in total. The molecule has 0 radical (unpaired) electrons. The first-order chi connectivity index (χ1) is 22.8. The standard InChI is InChI=1S/C42H25N3O/c1-3-13-26(14-4-1)28-23-24-33-36(25-28)46-41-38(33)30-18-8-7-17-29(30)37-32-20-10-12-22-35(32)45(40(37)41)42-43-34-21-11-9-19-31(34)39(44-42)27-15-5-2-6-16-27/h1-25H. The summed E-state index contributed by atoms with van der Waals surface area (Å²) < 4.78 is 9.16. The van der Waals surface area contributed by atoms with Crippen molar-refractivity contribution in [3.8, 4) is 28.3 Å². The van der Waals surface area contributed by atoms with Crippen molar-refractivity contribution in [3.63, 3.8) is 0 Å². The molecule has 7 aromatic carbocycles. The molecule has 46 heavy (non-hydrogen) atoms. The fraction of sp³-hybridized carbons (Fsp3) is 0. The van der Waals surface area contributed by atoms with Crippen LogP contribution in [0.15, 0.2) is 156 Å². The third-order valence-corrected chi connectivity index (χ3v) is 9.19. The molecule has 0 saturated heterocycles. The Hall–Kier alpha value is -6.26. The molecular formula is C42H25N3O. The van der Waals surface area contributed by atoms with E-state index in [1.807, 2.05) is 24.3 Å². The fourth-order valence-corrected chi connectivity index (χ4v) is 7.18. The summed E-state index contributed by atoms with van der Waals surface area (Å²) in [5.41, 5.74) is 8.84. The summed E-state index contributed by atoms with van der Waals surface area (Å²) in [5.74, 6) is 0.616. The van der Waals surface area contributed by atoms with Crippen molar-refractivity contribution in [3.05, 3.63) is 152 Å². The second-order valence-electron chi connectivity index (χ2n) is 11.8. The summed E-state index contributed by atoms with van der Waals surface area (Å²) in [6, 6.07) is 52.9. The zero-order valence-corrected chi connectivity index (χ0v) is 24.7. The maximum atomic E-state index is 6.95. The van der Waals surface area contributed by atoms with Gasteiger partial charge in [-0.1, -0.05) is 127 Å². The van der Waals surface area contributed by atoms with E-state index in [2.05, 4.69) is 132 Å². The van der Waals surface area contributed by atoms with Crippen LogP contribution in [0.3, 0.4) is 0 Å². The zero-order chi connectivity index (χ0) is 30.2. The van der Waals surface area contributed by atoms with Gasteiger partial charge in [0.25, 0.3) is 0 Å². The average Bonchev–Trinajstić information content (AvgIpc) is 3.68. The second-order valence-corrected chi connectivity index (χ2v) is 11.8. The smallest absolute Gasteiger partial charge is 0.235 e. The van der Waals surface area contributed by atoms with E-state index >= 15 is 0 Å². The quantitative estimate of drug-likeness (QED) is 0.207. The molecule has 0 amide bonds. The Labute approximate surface area is 263 Å². The van der Waals surface area contributed by atoms with E-state index in [4.69, 9.17) is 14.4 Å². The Morgan fingerprint density at radius 3 is 1.87 bits per heavy atom. The lowest BCUT2D eigenvalue weighted by Crippen LogP contribution is -2.03. The van der Waals surface area contributed by atoms with Crippen molar-refractivity contribution in [2.75, 3.05) is 0 Å². The highest BCUT2D eigenvalue weighted by atomic mass is 16.3. The molecule has 3 heterocycles. The van der Waals surface area contributed by atoms with Gasteiger partial charge in [0.15, 0.2) is 5.58 Å². The minimum Gasteiger partial charge on any atom is -0.454 e. The van der Waals surface area contributed by atoms with Crippen molar-refractivity contribution in [1.82, 2.24) is 14.5 Å². The van der Waals surface area contributed by atoms with E-state index in [1.165, 1.54) is 10.8 Å². The topological polar surface area (TPSA) is 43.9 Å². The molecule has 4 heteroatoms. The van der Waals surface area contributed by atoms with E-state index in [0.717, 1.165) is 77.0 Å². The van der Waals surface area contributed by atoms with Crippen molar-refractivity contribution in [2.24, 2.45) is 0 Å². The Morgan fingerprint density at radius 1 is 0.457 bits per heavy atom. The van der Waals surface area contributed by atoms with Gasteiger partial charge in [-0.2, -0.15) is 0 Å².